The van der Waals surface area contributed by atoms with Crippen LogP contribution >= 0.6 is 0 Å². The summed E-state index contributed by atoms with van der Waals surface area (Å²) in [6, 6.07) is 5.92. The Bertz CT molecular complexity index is 665. The summed E-state index contributed by atoms with van der Waals surface area (Å²) in [7, 11) is 0. The number of hydrogen-bond donors (Lipinski definition) is 2. The highest BCUT2D eigenvalue weighted by Crippen LogP contribution is 2.28. The highest BCUT2D eigenvalue weighted by Gasteiger charge is 2.35. The Morgan fingerprint density at radius 3 is 2.32 bits per heavy atom. The molecule has 0 fully saturated rings. The standard InChI is InChI=1S/C19H23NO5/c1-3-12(2)25-19(24)16-7-5-4-6-15(16)17(21)20-14-10-8-13(9-11-14)18(22)23/h4-5,8-12,15-16H,3,6-7H2,1-2H3,(H,20,21)(H,22,23)/t12-,15+,16+/m1/s1. The maximum Gasteiger partial charge on any atom is 0.335 e. The normalized spacial score (nSPS) is 20.6. The van der Waals surface area contributed by atoms with E-state index in [4.69, 9.17) is 9.84 Å². The first-order valence-corrected chi connectivity index (χ1v) is 8.42. The molecule has 1 aromatic rings. The minimum atomic E-state index is -1.02. The summed E-state index contributed by atoms with van der Waals surface area (Å²) in [5.74, 6) is -2.64. The Kier molecular flexibility index (Phi) is 6.33. The molecule has 134 valence electrons. The number of esters is 1. The first-order chi connectivity index (χ1) is 11.9. The molecule has 0 saturated carbocycles. The molecule has 0 spiro atoms. The fourth-order valence-corrected chi connectivity index (χ4v) is 2.66. The van der Waals surface area contributed by atoms with Gasteiger partial charge in [0.15, 0.2) is 0 Å². The summed E-state index contributed by atoms with van der Waals surface area (Å²) in [6.45, 7) is 3.76. The molecular formula is C19H23NO5. The Labute approximate surface area is 146 Å². The van der Waals surface area contributed by atoms with E-state index in [1.54, 1.807) is 0 Å². The number of carboxylic acid groups (broad SMARTS) is 1. The third-order valence-corrected chi connectivity index (χ3v) is 4.36. The van der Waals surface area contributed by atoms with Crippen molar-refractivity contribution < 1.29 is 24.2 Å². The lowest BCUT2D eigenvalue weighted by Crippen LogP contribution is -2.36. The number of ether oxygens (including phenoxy) is 1. The van der Waals surface area contributed by atoms with Crippen molar-refractivity contribution in [2.24, 2.45) is 11.8 Å². The van der Waals surface area contributed by atoms with E-state index in [9.17, 15) is 14.4 Å². The van der Waals surface area contributed by atoms with E-state index in [2.05, 4.69) is 5.32 Å². The van der Waals surface area contributed by atoms with Crippen molar-refractivity contribution in [3.63, 3.8) is 0 Å². The predicted molar refractivity (Wildman–Crippen MR) is 93.2 cm³/mol. The minimum Gasteiger partial charge on any atom is -0.478 e. The van der Waals surface area contributed by atoms with Gasteiger partial charge in [0.25, 0.3) is 0 Å². The maximum absolute atomic E-state index is 12.6. The molecule has 3 atom stereocenters. The molecule has 1 aliphatic carbocycles. The number of hydrogen-bond acceptors (Lipinski definition) is 4. The van der Waals surface area contributed by atoms with Crippen LogP contribution in [-0.2, 0) is 14.3 Å². The number of anilines is 1. The first-order valence-electron chi connectivity index (χ1n) is 8.42. The van der Waals surface area contributed by atoms with Crippen molar-refractivity contribution in [3.8, 4) is 0 Å². The average Bonchev–Trinajstić information content (AvgIpc) is 2.61. The van der Waals surface area contributed by atoms with Gasteiger partial charge >= 0.3 is 11.9 Å². The second-order valence-electron chi connectivity index (χ2n) is 6.18. The molecule has 0 bridgehead atoms. The van der Waals surface area contributed by atoms with Gasteiger partial charge < -0.3 is 15.2 Å². The molecule has 0 aliphatic heterocycles. The highest BCUT2D eigenvalue weighted by atomic mass is 16.5. The molecule has 0 heterocycles. The maximum atomic E-state index is 12.6. The number of carbonyl (C=O) groups is 3. The van der Waals surface area contributed by atoms with E-state index in [1.165, 1.54) is 24.3 Å². The van der Waals surface area contributed by atoms with Crippen molar-refractivity contribution in [2.75, 3.05) is 5.32 Å². The summed E-state index contributed by atoms with van der Waals surface area (Å²) in [5, 5.41) is 11.7. The van der Waals surface area contributed by atoms with Gasteiger partial charge in [-0.15, -0.1) is 0 Å². The lowest BCUT2D eigenvalue weighted by molar-refractivity contribution is -0.157. The van der Waals surface area contributed by atoms with Crippen molar-refractivity contribution in [3.05, 3.63) is 42.0 Å². The summed E-state index contributed by atoms with van der Waals surface area (Å²) >= 11 is 0. The number of nitrogens with one attached hydrogen (secondary N) is 1. The van der Waals surface area contributed by atoms with E-state index in [0.29, 0.717) is 18.5 Å². The van der Waals surface area contributed by atoms with Crippen molar-refractivity contribution in [1.82, 2.24) is 0 Å². The Morgan fingerprint density at radius 2 is 1.76 bits per heavy atom. The number of benzene rings is 1. The SMILES string of the molecule is CC[C@@H](C)OC(=O)[C@H]1CC=CC[C@@H]1C(=O)Nc1ccc(C(=O)O)cc1. The quantitative estimate of drug-likeness (QED) is 0.610. The van der Waals surface area contributed by atoms with Crippen LogP contribution in [-0.4, -0.2) is 29.1 Å². The van der Waals surface area contributed by atoms with E-state index < -0.39 is 17.8 Å². The molecular weight excluding hydrogens is 322 g/mol. The van der Waals surface area contributed by atoms with Gasteiger partial charge in [-0.05, 0) is 50.5 Å². The third kappa shape index (κ3) is 4.92. The van der Waals surface area contributed by atoms with Gasteiger partial charge in [0, 0.05) is 5.69 Å². The first kappa shape index (κ1) is 18.7. The molecule has 6 nitrogen and oxygen atoms in total. The number of carbonyl (C=O) groups excluding carboxylic acids is 2. The zero-order valence-corrected chi connectivity index (χ0v) is 14.4. The topological polar surface area (TPSA) is 92.7 Å². The van der Waals surface area contributed by atoms with Crippen LogP contribution in [0.4, 0.5) is 5.69 Å². The molecule has 1 aromatic carbocycles. The molecule has 0 unspecified atom stereocenters. The van der Waals surface area contributed by atoms with Crippen LogP contribution in [0.3, 0.4) is 0 Å². The lowest BCUT2D eigenvalue weighted by atomic mass is 9.82. The summed E-state index contributed by atoms with van der Waals surface area (Å²) in [4.78, 5) is 35.8. The highest BCUT2D eigenvalue weighted by molar-refractivity contribution is 5.96. The van der Waals surface area contributed by atoms with E-state index in [0.717, 1.165) is 6.42 Å². The van der Waals surface area contributed by atoms with Crippen molar-refractivity contribution in [2.45, 2.75) is 39.2 Å². The van der Waals surface area contributed by atoms with E-state index in [-0.39, 0.29) is 23.5 Å². The molecule has 2 rings (SSSR count). The van der Waals surface area contributed by atoms with Gasteiger partial charge in [-0.1, -0.05) is 19.1 Å². The zero-order chi connectivity index (χ0) is 18.4. The van der Waals surface area contributed by atoms with Crippen LogP contribution in [0.5, 0.6) is 0 Å². The fraction of sp³-hybridized carbons (Fsp3) is 0.421. The Hall–Kier alpha value is -2.63. The van der Waals surface area contributed by atoms with Crippen LogP contribution in [0.25, 0.3) is 0 Å². The van der Waals surface area contributed by atoms with E-state index in [1.807, 2.05) is 26.0 Å². The summed E-state index contributed by atoms with van der Waals surface area (Å²) in [6.07, 6.45) is 5.29. The molecule has 1 amide bonds. The van der Waals surface area contributed by atoms with Gasteiger partial charge in [-0.25, -0.2) is 4.79 Å². The molecule has 2 N–H and O–H groups in total. The van der Waals surface area contributed by atoms with Gasteiger partial charge in [0.1, 0.15) is 0 Å². The second-order valence-corrected chi connectivity index (χ2v) is 6.18. The average molecular weight is 345 g/mol. The van der Waals surface area contributed by atoms with Gasteiger partial charge in [-0.2, -0.15) is 0 Å². The molecule has 0 aromatic heterocycles. The second kappa shape index (κ2) is 8.46. The molecule has 0 radical (unpaired) electrons. The fourth-order valence-electron chi connectivity index (χ4n) is 2.66. The number of aromatic carboxylic acids is 1. The van der Waals surface area contributed by atoms with Crippen molar-refractivity contribution in [1.29, 1.82) is 0 Å². The Balaban J connectivity index is 2.06. The van der Waals surface area contributed by atoms with E-state index >= 15 is 0 Å². The minimum absolute atomic E-state index is 0.147. The smallest absolute Gasteiger partial charge is 0.335 e. The molecule has 25 heavy (non-hydrogen) atoms. The number of amides is 1. The number of rotatable bonds is 6. The van der Waals surface area contributed by atoms with Crippen LogP contribution in [0, 0.1) is 11.8 Å². The third-order valence-electron chi connectivity index (χ3n) is 4.36. The predicted octanol–water partition coefficient (Wildman–Crippen LogP) is 3.25. The molecule has 0 saturated heterocycles. The molecule has 6 heteroatoms. The van der Waals surface area contributed by atoms with Gasteiger partial charge in [-0.3, -0.25) is 9.59 Å². The number of allylic oxidation sites excluding steroid dienone is 2. The largest absolute Gasteiger partial charge is 0.478 e. The monoisotopic (exact) mass is 345 g/mol. The lowest BCUT2D eigenvalue weighted by Gasteiger charge is -2.27. The van der Waals surface area contributed by atoms with Crippen LogP contribution in [0.2, 0.25) is 0 Å². The zero-order valence-electron chi connectivity index (χ0n) is 14.4. The van der Waals surface area contributed by atoms with Gasteiger partial charge in [0.05, 0.1) is 23.5 Å². The van der Waals surface area contributed by atoms with Crippen LogP contribution < -0.4 is 5.32 Å². The van der Waals surface area contributed by atoms with Crippen LogP contribution in [0.1, 0.15) is 43.5 Å². The summed E-state index contributed by atoms with van der Waals surface area (Å²) in [5.41, 5.74) is 0.646. The Morgan fingerprint density at radius 1 is 1.16 bits per heavy atom. The van der Waals surface area contributed by atoms with Crippen molar-refractivity contribution >= 4 is 23.5 Å². The van der Waals surface area contributed by atoms with Crippen LogP contribution in [0.15, 0.2) is 36.4 Å². The summed E-state index contributed by atoms with van der Waals surface area (Å²) < 4.78 is 5.39. The number of carboxylic acids is 1. The molecule has 1 aliphatic rings. The van der Waals surface area contributed by atoms with Gasteiger partial charge in [0.2, 0.25) is 5.91 Å².